The lowest BCUT2D eigenvalue weighted by Crippen LogP contribution is -2.23. The number of rotatable bonds is 5. The molecule has 0 saturated heterocycles. The smallest absolute Gasteiger partial charge is 0.253 e. The number of carbonyl (C=O) groups is 1. The zero-order chi connectivity index (χ0) is 16.2. The van der Waals surface area contributed by atoms with Crippen LogP contribution in [-0.4, -0.2) is 26.4 Å². The Hall–Kier alpha value is -2.45. The summed E-state index contributed by atoms with van der Waals surface area (Å²) in [5.74, 6) is -0.330. The molecule has 0 unspecified atom stereocenters. The summed E-state index contributed by atoms with van der Waals surface area (Å²) in [6, 6.07) is 8.87. The Balaban J connectivity index is 2.01. The quantitative estimate of drug-likeness (QED) is 0.731. The second-order valence-electron chi connectivity index (χ2n) is 4.48. The summed E-state index contributed by atoms with van der Waals surface area (Å²) in [6.45, 7) is 0.248. The van der Waals surface area contributed by atoms with Crippen LogP contribution in [0.3, 0.4) is 0 Å². The van der Waals surface area contributed by atoms with E-state index in [2.05, 4.69) is 15.0 Å². The molecular formula is C14H15N3O4S. The molecule has 1 aromatic heterocycles. The number of aromatic amines is 1. The molecule has 0 bridgehead atoms. The van der Waals surface area contributed by atoms with Crippen LogP contribution in [0, 0.1) is 0 Å². The maximum absolute atomic E-state index is 11.9. The third-order valence-electron chi connectivity index (χ3n) is 3.00. The standard InChI is InChI=1S/C14H15N3O4S/c1-15-22(20,21)12-5-2-10(3-6-12)8-17-14(19)11-4-7-13(18)16-9-11/h2-7,9,15H,8H2,1H3,(H,16,18)(H,17,19). The highest BCUT2D eigenvalue weighted by atomic mass is 32.2. The normalized spacial score (nSPS) is 11.1. The highest BCUT2D eigenvalue weighted by Crippen LogP contribution is 2.10. The number of carbonyl (C=O) groups excluding carboxylic acids is 1. The Morgan fingerprint density at radius 3 is 2.36 bits per heavy atom. The van der Waals surface area contributed by atoms with Crippen LogP contribution in [0.4, 0.5) is 0 Å². The second-order valence-corrected chi connectivity index (χ2v) is 6.36. The zero-order valence-electron chi connectivity index (χ0n) is 11.8. The van der Waals surface area contributed by atoms with Gasteiger partial charge < -0.3 is 10.3 Å². The van der Waals surface area contributed by atoms with Crippen LogP contribution in [-0.2, 0) is 16.6 Å². The molecule has 0 aliphatic heterocycles. The number of hydrogen-bond acceptors (Lipinski definition) is 4. The zero-order valence-corrected chi connectivity index (χ0v) is 12.6. The SMILES string of the molecule is CNS(=O)(=O)c1ccc(CNC(=O)c2ccc(=O)[nH]c2)cc1. The number of H-pyrrole nitrogens is 1. The van der Waals surface area contributed by atoms with Gasteiger partial charge in [0.15, 0.2) is 0 Å². The van der Waals surface area contributed by atoms with Gasteiger partial charge in [0.1, 0.15) is 0 Å². The summed E-state index contributed by atoms with van der Waals surface area (Å²) in [6.07, 6.45) is 1.33. The summed E-state index contributed by atoms with van der Waals surface area (Å²) in [7, 11) is -2.12. The maximum Gasteiger partial charge on any atom is 0.253 e. The first-order valence-electron chi connectivity index (χ1n) is 6.42. The van der Waals surface area contributed by atoms with Crippen LogP contribution in [0.15, 0.2) is 52.3 Å². The summed E-state index contributed by atoms with van der Waals surface area (Å²) >= 11 is 0. The minimum atomic E-state index is -3.46. The van der Waals surface area contributed by atoms with Gasteiger partial charge in [-0.2, -0.15) is 0 Å². The van der Waals surface area contributed by atoms with E-state index < -0.39 is 10.0 Å². The molecule has 0 fully saturated rings. The van der Waals surface area contributed by atoms with Crippen LogP contribution in [0.5, 0.6) is 0 Å². The average Bonchev–Trinajstić information content (AvgIpc) is 2.53. The topological polar surface area (TPSA) is 108 Å². The minimum absolute atomic E-state index is 0.158. The molecule has 0 saturated carbocycles. The highest BCUT2D eigenvalue weighted by molar-refractivity contribution is 7.89. The van der Waals surface area contributed by atoms with Gasteiger partial charge in [0, 0.05) is 18.8 Å². The molecule has 116 valence electrons. The van der Waals surface area contributed by atoms with E-state index >= 15 is 0 Å². The van der Waals surface area contributed by atoms with Crippen LogP contribution in [0.2, 0.25) is 0 Å². The van der Waals surface area contributed by atoms with Gasteiger partial charge in [0.2, 0.25) is 15.6 Å². The van der Waals surface area contributed by atoms with E-state index in [0.717, 1.165) is 5.56 Å². The number of sulfonamides is 1. The Morgan fingerprint density at radius 2 is 1.82 bits per heavy atom. The number of aromatic nitrogens is 1. The van der Waals surface area contributed by atoms with E-state index in [-0.39, 0.29) is 22.9 Å². The molecule has 1 amide bonds. The predicted octanol–water partition coefficient (Wildman–Crippen LogP) is 0.213. The summed E-state index contributed by atoms with van der Waals surface area (Å²) in [5.41, 5.74) is 0.819. The van der Waals surface area contributed by atoms with Crippen LogP contribution >= 0.6 is 0 Å². The monoisotopic (exact) mass is 321 g/mol. The van der Waals surface area contributed by atoms with Gasteiger partial charge in [0.05, 0.1) is 10.5 Å². The average molecular weight is 321 g/mol. The lowest BCUT2D eigenvalue weighted by Gasteiger charge is -2.07. The molecule has 8 heteroatoms. The molecule has 3 N–H and O–H groups in total. The molecule has 1 aromatic carbocycles. The summed E-state index contributed by atoms with van der Waals surface area (Å²) in [5, 5.41) is 2.68. The third-order valence-corrected chi connectivity index (χ3v) is 4.43. The van der Waals surface area contributed by atoms with E-state index in [4.69, 9.17) is 0 Å². The first kappa shape index (κ1) is 15.9. The lowest BCUT2D eigenvalue weighted by atomic mass is 10.2. The van der Waals surface area contributed by atoms with E-state index in [1.54, 1.807) is 12.1 Å². The van der Waals surface area contributed by atoms with Gasteiger partial charge in [-0.3, -0.25) is 9.59 Å². The Labute approximate surface area is 127 Å². The van der Waals surface area contributed by atoms with Crippen LogP contribution in [0.25, 0.3) is 0 Å². The number of amides is 1. The third kappa shape index (κ3) is 3.80. The van der Waals surface area contributed by atoms with E-state index in [0.29, 0.717) is 5.56 Å². The van der Waals surface area contributed by atoms with Crippen molar-refractivity contribution in [3.8, 4) is 0 Å². The number of nitrogens with one attached hydrogen (secondary N) is 3. The lowest BCUT2D eigenvalue weighted by molar-refractivity contribution is 0.0950. The van der Waals surface area contributed by atoms with Crippen molar-refractivity contribution in [1.29, 1.82) is 0 Å². The van der Waals surface area contributed by atoms with Crippen molar-refractivity contribution in [3.05, 3.63) is 64.1 Å². The predicted molar refractivity (Wildman–Crippen MR) is 80.9 cm³/mol. The fourth-order valence-electron chi connectivity index (χ4n) is 1.74. The molecular weight excluding hydrogens is 306 g/mol. The summed E-state index contributed by atoms with van der Waals surface area (Å²) < 4.78 is 25.4. The molecule has 1 heterocycles. The Kier molecular flexibility index (Phi) is 4.74. The van der Waals surface area contributed by atoms with Crippen molar-refractivity contribution >= 4 is 15.9 Å². The highest BCUT2D eigenvalue weighted by Gasteiger charge is 2.10. The van der Waals surface area contributed by atoms with Gasteiger partial charge >= 0.3 is 0 Å². The largest absolute Gasteiger partial charge is 0.348 e. The minimum Gasteiger partial charge on any atom is -0.348 e. The molecule has 0 aliphatic rings. The molecule has 2 rings (SSSR count). The summed E-state index contributed by atoms with van der Waals surface area (Å²) in [4.78, 5) is 25.4. The molecule has 0 atom stereocenters. The van der Waals surface area contributed by atoms with Crippen LogP contribution in [0.1, 0.15) is 15.9 Å². The van der Waals surface area contributed by atoms with Crippen molar-refractivity contribution in [2.45, 2.75) is 11.4 Å². The van der Waals surface area contributed by atoms with Crippen molar-refractivity contribution in [1.82, 2.24) is 15.0 Å². The van der Waals surface area contributed by atoms with Crippen molar-refractivity contribution < 1.29 is 13.2 Å². The molecule has 7 nitrogen and oxygen atoms in total. The van der Waals surface area contributed by atoms with Crippen molar-refractivity contribution in [3.63, 3.8) is 0 Å². The van der Waals surface area contributed by atoms with E-state index in [1.165, 1.54) is 37.5 Å². The number of hydrogen-bond donors (Lipinski definition) is 3. The van der Waals surface area contributed by atoms with Crippen molar-refractivity contribution in [2.75, 3.05) is 7.05 Å². The van der Waals surface area contributed by atoms with Gasteiger partial charge in [-0.1, -0.05) is 12.1 Å². The van der Waals surface area contributed by atoms with Crippen molar-refractivity contribution in [2.24, 2.45) is 0 Å². The first-order chi connectivity index (χ1) is 10.4. The Bertz CT molecular complexity index is 805. The molecule has 2 aromatic rings. The van der Waals surface area contributed by atoms with E-state index in [1.807, 2.05) is 0 Å². The maximum atomic E-state index is 11.9. The fourth-order valence-corrected chi connectivity index (χ4v) is 2.47. The molecule has 0 radical (unpaired) electrons. The van der Waals surface area contributed by atoms with Gasteiger partial charge in [-0.25, -0.2) is 13.1 Å². The molecule has 0 aliphatic carbocycles. The Morgan fingerprint density at radius 1 is 1.14 bits per heavy atom. The van der Waals surface area contributed by atoms with Crippen LogP contribution < -0.4 is 15.6 Å². The molecule has 0 spiro atoms. The van der Waals surface area contributed by atoms with Gasteiger partial charge in [-0.15, -0.1) is 0 Å². The van der Waals surface area contributed by atoms with Gasteiger partial charge in [0.25, 0.3) is 5.91 Å². The molecule has 22 heavy (non-hydrogen) atoms. The number of pyridine rings is 1. The number of benzene rings is 1. The first-order valence-corrected chi connectivity index (χ1v) is 7.90. The second kappa shape index (κ2) is 6.54. The fraction of sp³-hybridized carbons (Fsp3) is 0.143. The van der Waals surface area contributed by atoms with E-state index in [9.17, 15) is 18.0 Å². The van der Waals surface area contributed by atoms with Gasteiger partial charge in [-0.05, 0) is 30.8 Å².